The van der Waals surface area contributed by atoms with Crippen LogP contribution in [0.25, 0.3) is 0 Å². The normalized spacial score (nSPS) is 10.5. The van der Waals surface area contributed by atoms with Crippen LogP contribution in [0.1, 0.15) is 21.6 Å². The number of esters is 1. The number of nitrogens with zero attached hydrogens (tertiary/aromatic N) is 1. The van der Waals surface area contributed by atoms with Crippen molar-refractivity contribution in [1.29, 1.82) is 0 Å². The van der Waals surface area contributed by atoms with Gasteiger partial charge in [0.15, 0.2) is 0 Å². The third-order valence-electron chi connectivity index (χ3n) is 3.54. The minimum Gasteiger partial charge on any atom is -0.490 e. The van der Waals surface area contributed by atoms with Crippen molar-refractivity contribution >= 4 is 29.1 Å². The molecule has 134 valence electrons. The summed E-state index contributed by atoms with van der Waals surface area (Å²) in [7, 11) is 0. The Morgan fingerprint density at radius 2 is 2.04 bits per heavy atom. The maximum atomic E-state index is 12.4. The van der Waals surface area contributed by atoms with Crippen molar-refractivity contribution in [3.8, 4) is 5.75 Å². The minimum absolute atomic E-state index is 0.206. The Morgan fingerprint density at radius 1 is 1.15 bits per heavy atom. The zero-order chi connectivity index (χ0) is 18.2. The van der Waals surface area contributed by atoms with Gasteiger partial charge < -0.3 is 9.47 Å². The van der Waals surface area contributed by atoms with E-state index in [1.807, 2.05) is 60.3 Å². The van der Waals surface area contributed by atoms with Crippen LogP contribution in [0.4, 0.5) is 0 Å². The molecule has 6 heteroatoms. The summed E-state index contributed by atoms with van der Waals surface area (Å²) < 4.78 is 11.0. The first-order valence-electron chi connectivity index (χ1n) is 8.18. The zero-order valence-corrected chi connectivity index (χ0v) is 16.0. The molecule has 0 amide bonds. The van der Waals surface area contributed by atoms with Crippen molar-refractivity contribution < 1.29 is 14.3 Å². The third kappa shape index (κ3) is 5.34. The van der Waals surface area contributed by atoms with Gasteiger partial charge in [-0.2, -0.15) is 0 Å². The summed E-state index contributed by atoms with van der Waals surface area (Å²) in [5, 5.41) is 2.01. The highest BCUT2D eigenvalue weighted by Crippen LogP contribution is 2.26. The largest absolute Gasteiger partial charge is 0.490 e. The summed E-state index contributed by atoms with van der Waals surface area (Å²) in [5.74, 6) is 1.17. The van der Waals surface area contributed by atoms with Crippen molar-refractivity contribution in [3.63, 3.8) is 0 Å². The van der Waals surface area contributed by atoms with Gasteiger partial charge in [-0.25, -0.2) is 9.78 Å². The lowest BCUT2D eigenvalue weighted by atomic mass is 10.2. The molecule has 0 fully saturated rings. The van der Waals surface area contributed by atoms with Gasteiger partial charge in [0.2, 0.25) is 0 Å². The summed E-state index contributed by atoms with van der Waals surface area (Å²) in [6, 6.07) is 15.3. The number of rotatable bonds is 8. The first-order chi connectivity index (χ1) is 12.7. The van der Waals surface area contributed by atoms with E-state index in [0.29, 0.717) is 12.2 Å². The molecule has 0 aliphatic heterocycles. The number of benzene rings is 2. The number of thiazole rings is 1. The third-order valence-corrected chi connectivity index (χ3v) is 5.28. The number of hydrogen-bond acceptors (Lipinski definition) is 6. The lowest BCUT2D eigenvalue weighted by Gasteiger charge is -2.10. The minimum atomic E-state index is -0.334. The Labute approximate surface area is 161 Å². The van der Waals surface area contributed by atoms with E-state index < -0.39 is 0 Å². The molecule has 0 bridgehead atoms. The van der Waals surface area contributed by atoms with E-state index in [1.165, 1.54) is 0 Å². The second-order valence-electron chi connectivity index (χ2n) is 5.57. The zero-order valence-electron chi connectivity index (χ0n) is 14.4. The topological polar surface area (TPSA) is 48.4 Å². The van der Waals surface area contributed by atoms with Gasteiger partial charge in [0.05, 0.1) is 16.8 Å². The predicted octanol–water partition coefficient (Wildman–Crippen LogP) is 4.98. The molecule has 0 atom stereocenters. The van der Waals surface area contributed by atoms with E-state index in [0.717, 1.165) is 27.7 Å². The van der Waals surface area contributed by atoms with Crippen LogP contribution < -0.4 is 4.74 Å². The summed E-state index contributed by atoms with van der Waals surface area (Å²) in [5.41, 5.74) is 4.52. The standard InChI is InChI=1S/C20H19NO3S2/c1-15-5-4-6-17(11-15)23-9-10-24-20(22)18-7-2-3-8-19(18)26-13-16-12-25-14-21-16/h2-8,11-12,14H,9-10,13H2,1H3. The van der Waals surface area contributed by atoms with Crippen LogP contribution in [0, 0.1) is 6.92 Å². The van der Waals surface area contributed by atoms with Gasteiger partial charge in [-0.1, -0.05) is 24.3 Å². The molecule has 1 heterocycles. The first kappa shape index (κ1) is 18.5. The molecule has 0 radical (unpaired) electrons. The van der Waals surface area contributed by atoms with Gasteiger partial charge >= 0.3 is 5.97 Å². The van der Waals surface area contributed by atoms with Crippen molar-refractivity contribution in [1.82, 2.24) is 4.98 Å². The molecule has 0 spiro atoms. The number of aromatic nitrogens is 1. The molecule has 0 aliphatic carbocycles. The number of carbonyl (C=O) groups is 1. The van der Waals surface area contributed by atoms with E-state index in [1.54, 1.807) is 29.2 Å². The Bertz CT molecular complexity index is 850. The first-order valence-corrected chi connectivity index (χ1v) is 10.1. The molecule has 26 heavy (non-hydrogen) atoms. The van der Waals surface area contributed by atoms with Gasteiger partial charge in [-0.3, -0.25) is 0 Å². The van der Waals surface area contributed by atoms with Crippen LogP contribution in [0.2, 0.25) is 0 Å². The maximum Gasteiger partial charge on any atom is 0.339 e. The smallest absolute Gasteiger partial charge is 0.339 e. The van der Waals surface area contributed by atoms with Crippen molar-refractivity contribution in [2.75, 3.05) is 13.2 Å². The average Bonchev–Trinajstić information content (AvgIpc) is 3.17. The summed E-state index contributed by atoms with van der Waals surface area (Å²) in [4.78, 5) is 17.5. The van der Waals surface area contributed by atoms with Crippen LogP contribution in [-0.4, -0.2) is 24.2 Å². The molecule has 2 aromatic carbocycles. The predicted molar refractivity (Wildman–Crippen MR) is 105 cm³/mol. The molecular formula is C20H19NO3S2. The molecule has 0 N–H and O–H groups in total. The molecule has 3 rings (SSSR count). The highest BCUT2D eigenvalue weighted by molar-refractivity contribution is 7.98. The number of ether oxygens (including phenoxy) is 2. The van der Waals surface area contributed by atoms with Gasteiger partial charge in [0.25, 0.3) is 0 Å². The summed E-state index contributed by atoms with van der Waals surface area (Å²) in [6.07, 6.45) is 0. The number of aryl methyl sites for hydroxylation is 1. The quantitative estimate of drug-likeness (QED) is 0.311. The SMILES string of the molecule is Cc1cccc(OCCOC(=O)c2ccccc2SCc2cscn2)c1. The second-order valence-corrected chi connectivity index (χ2v) is 7.30. The lowest BCUT2D eigenvalue weighted by Crippen LogP contribution is -2.13. The maximum absolute atomic E-state index is 12.4. The van der Waals surface area contributed by atoms with Crippen molar-refractivity contribution in [2.24, 2.45) is 0 Å². The highest BCUT2D eigenvalue weighted by Gasteiger charge is 2.13. The Morgan fingerprint density at radius 3 is 2.85 bits per heavy atom. The molecule has 0 saturated carbocycles. The van der Waals surface area contributed by atoms with Crippen LogP contribution in [-0.2, 0) is 10.5 Å². The highest BCUT2D eigenvalue weighted by atomic mass is 32.2. The van der Waals surface area contributed by atoms with E-state index in [2.05, 4.69) is 4.98 Å². The Hall–Kier alpha value is -2.31. The monoisotopic (exact) mass is 385 g/mol. The Kier molecular flexibility index (Phi) is 6.68. The number of carbonyl (C=O) groups excluding carboxylic acids is 1. The van der Waals surface area contributed by atoms with Crippen molar-refractivity contribution in [2.45, 2.75) is 17.6 Å². The molecular weight excluding hydrogens is 366 g/mol. The van der Waals surface area contributed by atoms with Gasteiger partial charge in [0.1, 0.15) is 19.0 Å². The van der Waals surface area contributed by atoms with Crippen molar-refractivity contribution in [3.05, 3.63) is 76.2 Å². The molecule has 1 aromatic heterocycles. The second kappa shape index (κ2) is 9.40. The average molecular weight is 386 g/mol. The fourth-order valence-electron chi connectivity index (χ4n) is 2.30. The fraction of sp³-hybridized carbons (Fsp3) is 0.200. The summed E-state index contributed by atoms with van der Waals surface area (Å²) in [6.45, 7) is 2.54. The summed E-state index contributed by atoms with van der Waals surface area (Å²) >= 11 is 3.15. The van der Waals surface area contributed by atoms with Crippen LogP contribution >= 0.6 is 23.1 Å². The van der Waals surface area contributed by atoms with Gasteiger partial charge in [0, 0.05) is 16.0 Å². The van der Waals surface area contributed by atoms with E-state index in [9.17, 15) is 4.79 Å². The molecule has 3 aromatic rings. The molecule has 0 saturated heterocycles. The van der Waals surface area contributed by atoms with E-state index in [4.69, 9.17) is 9.47 Å². The Balaban J connectivity index is 1.51. The number of hydrogen-bond donors (Lipinski definition) is 0. The van der Waals surface area contributed by atoms with Crippen LogP contribution in [0.3, 0.4) is 0 Å². The van der Waals surface area contributed by atoms with Crippen LogP contribution in [0.15, 0.2) is 64.3 Å². The van der Waals surface area contributed by atoms with Gasteiger partial charge in [-0.15, -0.1) is 23.1 Å². The lowest BCUT2D eigenvalue weighted by molar-refractivity contribution is 0.0446. The molecule has 0 unspecified atom stereocenters. The fourth-order valence-corrected chi connectivity index (χ4v) is 3.91. The van der Waals surface area contributed by atoms with E-state index >= 15 is 0 Å². The van der Waals surface area contributed by atoms with Gasteiger partial charge in [-0.05, 0) is 36.8 Å². The molecule has 0 aliphatic rings. The molecule has 4 nitrogen and oxygen atoms in total. The van der Waals surface area contributed by atoms with Crippen LogP contribution in [0.5, 0.6) is 5.75 Å². The number of thioether (sulfide) groups is 1. The van der Waals surface area contributed by atoms with E-state index in [-0.39, 0.29) is 12.6 Å².